The van der Waals surface area contributed by atoms with Gasteiger partial charge in [0.2, 0.25) is 0 Å². The lowest BCUT2D eigenvalue weighted by atomic mass is 10.0. The maximum absolute atomic E-state index is 10.5. The molecule has 0 aromatic heterocycles. The molecule has 0 unspecified atom stereocenters. The van der Waals surface area contributed by atoms with Crippen LogP contribution in [0.3, 0.4) is 0 Å². The van der Waals surface area contributed by atoms with E-state index in [1.165, 1.54) is 18.9 Å². The predicted molar refractivity (Wildman–Crippen MR) is 99.8 cm³/mol. The van der Waals surface area contributed by atoms with Crippen molar-refractivity contribution in [3.8, 4) is 0 Å². The van der Waals surface area contributed by atoms with Gasteiger partial charge in [0.05, 0.1) is 30.5 Å². The largest absolute Gasteiger partial charge is 0.481 e. The zero-order valence-corrected chi connectivity index (χ0v) is 15.7. The van der Waals surface area contributed by atoms with Crippen LogP contribution in [0.25, 0.3) is 0 Å². The van der Waals surface area contributed by atoms with Crippen LogP contribution in [0.15, 0.2) is 24.3 Å². The normalized spacial score (nSPS) is 25.9. The molecule has 1 rings (SSSR count). The molecule has 1 saturated heterocycles. The molecule has 1 aliphatic heterocycles. The molecular weight excluding hydrogens is 336 g/mol. The Kier molecular flexibility index (Phi) is 11.4. The maximum Gasteiger partial charge on any atom is 0.303 e. The number of hydrogen-bond acceptors (Lipinski definition) is 5. The highest BCUT2D eigenvalue weighted by atomic mass is 16.5. The first kappa shape index (κ1) is 22.8. The lowest BCUT2D eigenvalue weighted by Gasteiger charge is -2.17. The van der Waals surface area contributed by atoms with E-state index in [1.54, 1.807) is 6.08 Å². The fourth-order valence-electron chi connectivity index (χ4n) is 3.01. The van der Waals surface area contributed by atoms with Gasteiger partial charge in [-0.1, -0.05) is 44.1 Å². The minimum absolute atomic E-state index is 0.0395. The molecule has 0 aliphatic carbocycles. The SMILES string of the molecule is CCCCC/C=C\C[C@H](O)/C=C\[C@H](O)[C@H]1C[C@@H](O)[C@@H](CCCC(=O)O)O1. The van der Waals surface area contributed by atoms with Crippen LogP contribution in [0.2, 0.25) is 0 Å². The Balaban J connectivity index is 2.29. The van der Waals surface area contributed by atoms with Gasteiger partial charge in [-0.05, 0) is 32.1 Å². The van der Waals surface area contributed by atoms with Crippen molar-refractivity contribution in [2.75, 3.05) is 0 Å². The van der Waals surface area contributed by atoms with Crippen LogP contribution in [0.4, 0.5) is 0 Å². The zero-order chi connectivity index (χ0) is 19.4. The summed E-state index contributed by atoms with van der Waals surface area (Å²) in [6.07, 6.45) is 10.1. The summed E-state index contributed by atoms with van der Waals surface area (Å²) in [5, 5.41) is 38.7. The number of ether oxygens (including phenoxy) is 1. The molecule has 6 nitrogen and oxygen atoms in total. The van der Waals surface area contributed by atoms with Crippen molar-refractivity contribution in [3.05, 3.63) is 24.3 Å². The number of unbranched alkanes of at least 4 members (excludes halogenated alkanes) is 3. The third-order valence-electron chi connectivity index (χ3n) is 4.56. The molecule has 0 aromatic carbocycles. The molecule has 1 fully saturated rings. The van der Waals surface area contributed by atoms with Gasteiger partial charge in [0, 0.05) is 12.8 Å². The Morgan fingerprint density at radius 2 is 1.96 bits per heavy atom. The van der Waals surface area contributed by atoms with Crippen LogP contribution in [-0.4, -0.2) is 56.9 Å². The van der Waals surface area contributed by atoms with E-state index in [0.29, 0.717) is 25.7 Å². The number of aliphatic carboxylic acids is 1. The first-order valence-corrected chi connectivity index (χ1v) is 9.68. The Morgan fingerprint density at radius 3 is 2.65 bits per heavy atom. The van der Waals surface area contributed by atoms with Gasteiger partial charge >= 0.3 is 5.97 Å². The highest BCUT2D eigenvalue weighted by Gasteiger charge is 2.36. The maximum atomic E-state index is 10.5. The van der Waals surface area contributed by atoms with E-state index in [0.717, 1.165) is 12.8 Å². The second kappa shape index (κ2) is 13.0. The van der Waals surface area contributed by atoms with E-state index in [4.69, 9.17) is 9.84 Å². The molecule has 150 valence electrons. The van der Waals surface area contributed by atoms with Crippen LogP contribution in [0, 0.1) is 0 Å². The second-order valence-corrected chi connectivity index (χ2v) is 6.95. The molecule has 5 atom stereocenters. The molecular formula is C20H34O6. The summed E-state index contributed by atoms with van der Waals surface area (Å²) >= 11 is 0. The van der Waals surface area contributed by atoms with E-state index >= 15 is 0 Å². The lowest BCUT2D eigenvalue weighted by molar-refractivity contribution is -0.137. The third-order valence-corrected chi connectivity index (χ3v) is 4.56. The van der Waals surface area contributed by atoms with E-state index in [9.17, 15) is 20.1 Å². The van der Waals surface area contributed by atoms with E-state index < -0.39 is 36.5 Å². The van der Waals surface area contributed by atoms with E-state index in [1.807, 2.05) is 6.08 Å². The summed E-state index contributed by atoms with van der Waals surface area (Å²) in [7, 11) is 0. The molecule has 1 aliphatic rings. The van der Waals surface area contributed by atoms with Gasteiger partial charge < -0.3 is 25.2 Å². The Morgan fingerprint density at radius 1 is 1.19 bits per heavy atom. The van der Waals surface area contributed by atoms with E-state index in [2.05, 4.69) is 13.0 Å². The van der Waals surface area contributed by atoms with Crippen molar-refractivity contribution in [2.24, 2.45) is 0 Å². The van der Waals surface area contributed by atoms with Crippen LogP contribution < -0.4 is 0 Å². The van der Waals surface area contributed by atoms with Crippen molar-refractivity contribution in [1.29, 1.82) is 0 Å². The summed E-state index contributed by atoms with van der Waals surface area (Å²) in [5.41, 5.74) is 0. The molecule has 4 N–H and O–H groups in total. The van der Waals surface area contributed by atoms with Gasteiger partial charge in [0.1, 0.15) is 0 Å². The van der Waals surface area contributed by atoms with Crippen molar-refractivity contribution >= 4 is 5.97 Å². The topological polar surface area (TPSA) is 107 Å². The number of carboxylic acid groups (broad SMARTS) is 1. The number of carboxylic acids is 1. The lowest BCUT2D eigenvalue weighted by Crippen LogP contribution is -2.25. The van der Waals surface area contributed by atoms with Gasteiger partial charge in [-0.3, -0.25) is 4.79 Å². The Bertz CT molecular complexity index is 448. The number of hydrogen-bond donors (Lipinski definition) is 4. The standard InChI is InChI=1S/C20H34O6/c1-2-3-4-5-6-7-9-15(21)12-13-16(22)19-14-17(23)18(26-19)10-8-11-20(24)25/h6-7,12-13,15-19,21-23H,2-5,8-11,14H2,1H3,(H,24,25)/b7-6-,13-12-/t15-,16-,17+,18+,19+/m0/s1. The number of aliphatic hydroxyl groups is 3. The number of aliphatic hydroxyl groups excluding tert-OH is 3. The molecule has 0 bridgehead atoms. The van der Waals surface area contributed by atoms with Gasteiger partial charge in [-0.2, -0.15) is 0 Å². The van der Waals surface area contributed by atoms with Gasteiger partial charge in [-0.25, -0.2) is 0 Å². The van der Waals surface area contributed by atoms with Crippen LogP contribution in [-0.2, 0) is 9.53 Å². The number of rotatable bonds is 13. The zero-order valence-electron chi connectivity index (χ0n) is 15.7. The minimum Gasteiger partial charge on any atom is -0.481 e. The molecule has 26 heavy (non-hydrogen) atoms. The number of allylic oxidation sites excluding steroid dienone is 1. The fourth-order valence-corrected chi connectivity index (χ4v) is 3.01. The average Bonchev–Trinajstić information content (AvgIpc) is 2.96. The third kappa shape index (κ3) is 9.48. The summed E-state index contributed by atoms with van der Waals surface area (Å²) in [4.78, 5) is 10.5. The monoisotopic (exact) mass is 370 g/mol. The predicted octanol–water partition coefficient (Wildman–Crippen LogP) is 2.56. The van der Waals surface area contributed by atoms with Gasteiger partial charge in [-0.15, -0.1) is 0 Å². The van der Waals surface area contributed by atoms with Gasteiger partial charge in [0.15, 0.2) is 0 Å². The minimum atomic E-state index is -0.905. The highest BCUT2D eigenvalue weighted by molar-refractivity contribution is 5.66. The molecule has 0 aromatic rings. The van der Waals surface area contributed by atoms with E-state index in [-0.39, 0.29) is 6.42 Å². The number of carbonyl (C=O) groups is 1. The summed E-state index contributed by atoms with van der Waals surface area (Å²) in [6, 6.07) is 0. The Hall–Kier alpha value is -1.21. The molecule has 0 spiro atoms. The summed E-state index contributed by atoms with van der Waals surface area (Å²) in [5.74, 6) is -0.870. The first-order chi connectivity index (χ1) is 12.4. The fraction of sp³-hybridized carbons (Fsp3) is 0.750. The smallest absolute Gasteiger partial charge is 0.303 e. The van der Waals surface area contributed by atoms with Crippen molar-refractivity contribution in [3.63, 3.8) is 0 Å². The molecule has 6 heteroatoms. The highest BCUT2D eigenvalue weighted by Crippen LogP contribution is 2.27. The molecule has 0 amide bonds. The summed E-state index contributed by atoms with van der Waals surface area (Å²) < 4.78 is 5.65. The van der Waals surface area contributed by atoms with Crippen LogP contribution in [0.5, 0.6) is 0 Å². The van der Waals surface area contributed by atoms with Crippen LogP contribution in [0.1, 0.15) is 64.7 Å². The molecule has 0 radical (unpaired) electrons. The first-order valence-electron chi connectivity index (χ1n) is 9.68. The van der Waals surface area contributed by atoms with Crippen LogP contribution >= 0.6 is 0 Å². The Labute approximate surface area is 156 Å². The van der Waals surface area contributed by atoms with Crippen molar-refractivity contribution < 1.29 is 30.0 Å². The molecule has 1 heterocycles. The van der Waals surface area contributed by atoms with Gasteiger partial charge in [0.25, 0.3) is 0 Å². The second-order valence-electron chi connectivity index (χ2n) is 6.95. The quantitative estimate of drug-likeness (QED) is 0.293. The van der Waals surface area contributed by atoms with Crippen molar-refractivity contribution in [2.45, 2.75) is 95.2 Å². The van der Waals surface area contributed by atoms with Crippen molar-refractivity contribution in [1.82, 2.24) is 0 Å². The molecule has 0 saturated carbocycles. The average molecular weight is 370 g/mol. The summed E-state index contributed by atoms with van der Waals surface area (Å²) in [6.45, 7) is 2.16.